The SMILES string of the molecule is CSc1cccc(NC(=O)CSc2nnc(CN(c3ccccc3)S(C)(=O)=O)n2C)c1. The molecule has 0 radical (unpaired) electrons. The number of carbonyl (C=O) groups is 1. The Bertz CT molecular complexity index is 1150. The lowest BCUT2D eigenvalue weighted by Crippen LogP contribution is -2.30. The molecule has 0 aliphatic carbocycles. The maximum atomic E-state index is 12.3. The minimum absolute atomic E-state index is 0.0422. The molecule has 31 heavy (non-hydrogen) atoms. The molecule has 0 saturated carbocycles. The van der Waals surface area contributed by atoms with Gasteiger partial charge in [0.2, 0.25) is 15.9 Å². The minimum atomic E-state index is -3.51. The zero-order valence-corrected chi connectivity index (χ0v) is 19.8. The molecule has 0 spiro atoms. The van der Waals surface area contributed by atoms with Crippen LogP contribution in [0.25, 0.3) is 0 Å². The summed E-state index contributed by atoms with van der Waals surface area (Å²) in [5, 5.41) is 11.7. The summed E-state index contributed by atoms with van der Waals surface area (Å²) in [6, 6.07) is 16.5. The van der Waals surface area contributed by atoms with Crippen LogP contribution in [0.15, 0.2) is 64.6 Å². The smallest absolute Gasteiger partial charge is 0.234 e. The number of nitrogens with one attached hydrogen (secondary N) is 1. The van der Waals surface area contributed by atoms with E-state index in [4.69, 9.17) is 0 Å². The molecule has 0 atom stereocenters. The molecule has 8 nitrogen and oxygen atoms in total. The normalized spacial score (nSPS) is 11.3. The number of hydrogen-bond acceptors (Lipinski definition) is 7. The van der Waals surface area contributed by atoms with E-state index < -0.39 is 10.0 Å². The van der Waals surface area contributed by atoms with Crippen LogP contribution in [0.1, 0.15) is 5.82 Å². The van der Waals surface area contributed by atoms with Gasteiger partial charge in [0.05, 0.1) is 24.2 Å². The van der Waals surface area contributed by atoms with E-state index in [1.54, 1.807) is 47.6 Å². The van der Waals surface area contributed by atoms with Crippen LogP contribution in [-0.4, -0.2) is 47.4 Å². The van der Waals surface area contributed by atoms with Gasteiger partial charge in [-0.05, 0) is 36.6 Å². The lowest BCUT2D eigenvalue weighted by atomic mass is 10.3. The van der Waals surface area contributed by atoms with Crippen molar-refractivity contribution in [3.63, 3.8) is 0 Å². The standard InChI is InChI=1S/C20H23N5O3S3/c1-24-18(13-25(31(3,27)28)16-9-5-4-6-10-16)22-23-20(24)30-14-19(26)21-15-8-7-11-17(12-15)29-2/h4-12H,13-14H2,1-3H3,(H,21,26). The predicted octanol–water partition coefficient (Wildman–Crippen LogP) is 3.23. The fraction of sp³-hybridized carbons (Fsp3) is 0.250. The Morgan fingerprint density at radius 3 is 2.55 bits per heavy atom. The average molecular weight is 478 g/mol. The van der Waals surface area contributed by atoms with Crippen LogP contribution in [-0.2, 0) is 28.4 Å². The number of amides is 1. The third-order valence-corrected chi connectivity index (χ3v) is 7.23. The molecular weight excluding hydrogens is 454 g/mol. The van der Waals surface area contributed by atoms with E-state index in [1.807, 2.05) is 36.6 Å². The van der Waals surface area contributed by atoms with Gasteiger partial charge in [0.15, 0.2) is 11.0 Å². The van der Waals surface area contributed by atoms with E-state index in [-0.39, 0.29) is 18.2 Å². The monoisotopic (exact) mass is 477 g/mol. The summed E-state index contributed by atoms with van der Waals surface area (Å²) in [5.74, 6) is 0.476. The first-order valence-electron chi connectivity index (χ1n) is 9.25. The van der Waals surface area contributed by atoms with Crippen molar-refractivity contribution in [1.29, 1.82) is 0 Å². The maximum Gasteiger partial charge on any atom is 0.234 e. The second kappa shape index (κ2) is 10.2. The van der Waals surface area contributed by atoms with Gasteiger partial charge in [-0.2, -0.15) is 0 Å². The van der Waals surface area contributed by atoms with E-state index in [0.29, 0.717) is 16.7 Å². The summed E-state index contributed by atoms with van der Waals surface area (Å²) in [7, 11) is -1.76. The van der Waals surface area contributed by atoms with Gasteiger partial charge in [0, 0.05) is 17.6 Å². The number of thioether (sulfide) groups is 2. The highest BCUT2D eigenvalue weighted by atomic mass is 32.2. The number of nitrogens with zero attached hydrogens (tertiary/aromatic N) is 4. The number of sulfonamides is 1. The second-order valence-electron chi connectivity index (χ2n) is 6.63. The van der Waals surface area contributed by atoms with Crippen molar-refractivity contribution < 1.29 is 13.2 Å². The van der Waals surface area contributed by atoms with E-state index in [0.717, 1.165) is 16.8 Å². The quantitative estimate of drug-likeness (QED) is 0.473. The molecule has 0 fully saturated rings. The Labute approximate surface area is 190 Å². The predicted molar refractivity (Wildman–Crippen MR) is 126 cm³/mol. The highest BCUT2D eigenvalue weighted by Gasteiger charge is 2.21. The Morgan fingerprint density at radius 1 is 1.13 bits per heavy atom. The topological polar surface area (TPSA) is 97.2 Å². The average Bonchev–Trinajstić information content (AvgIpc) is 3.09. The minimum Gasteiger partial charge on any atom is -0.325 e. The number of rotatable bonds is 9. The zero-order chi connectivity index (χ0) is 22.4. The van der Waals surface area contributed by atoms with Crippen LogP contribution in [0.5, 0.6) is 0 Å². The lowest BCUT2D eigenvalue weighted by Gasteiger charge is -2.21. The molecule has 2 aromatic carbocycles. The largest absolute Gasteiger partial charge is 0.325 e. The van der Waals surface area contributed by atoms with Gasteiger partial charge in [0.25, 0.3) is 0 Å². The number of para-hydroxylation sites is 1. The van der Waals surface area contributed by atoms with Gasteiger partial charge in [0.1, 0.15) is 0 Å². The van der Waals surface area contributed by atoms with Crippen LogP contribution in [0.4, 0.5) is 11.4 Å². The summed E-state index contributed by atoms with van der Waals surface area (Å²) >= 11 is 2.84. The molecule has 1 heterocycles. The summed E-state index contributed by atoms with van der Waals surface area (Å²) < 4.78 is 27.6. The first-order valence-corrected chi connectivity index (χ1v) is 13.3. The first-order chi connectivity index (χ1) is 14.8. The van der Waals surface area contributed by atoms with Crippen molar-refractivity contribution in [2.75, 3.05) is 27.9 Å². The second-order valence-corrected chi connectivity index (χ2v) is 10.4. The van der Waals surface area contributed by atoms with Crippen molar-refractivity contribution in [2.24, 2.45) is 7.05 Å². The number of aromatic nitrogens is 3. The van der Waals surface area contributed by atoms with E-state index >= 15 is 0 Å². The van der Waals surface area contributed by atoms with Crippen molar-refractivity contribution >= 4 is 50.8 Å². The Morgan fingerprint density at radius 2 is 1.87 bits per heavy atom. The van der Waals surface area contributed by atoms with Crippen LogP contribution in [0, 0.1) is 0 Å². The van der Waals surface area contributed by atoms with Gasteiger partial charge in [-0.15, -0.1) is 22.0 Å². The molecule has 0 saturated heterocycles. The number of hydrogen-bond donors (Lipinski definition) is 1. The maximum absolute atomic E-state index is 12.3. The summed E-state index contributed by atoms with van der Waals surface area (Å²) in [5.41, 5.74) is 1.29. The van der Waals surface area contributed by atoms with Crippen molar-refractivity contribution in [3.05, 3.63) is 60.4 Å². The van der Waals surface area contributed by atoms with Crippen LogP contribution in [0.2, 0.25) is 0 Å². The summed E-state index contributed by atoms with van der Waals surface area (Å²) in [6.45, 7) is 0.0422. The fourth-order valence-corrected chi connectivity index (χ4v) is 4.80. The Hall–Kier alpha value is -2.50. The molecule has 11 heteroatoms. The van der Waals surface area contributed by atoms with Gasteiger partial charge >= 0.3 is 0 Å². The molecule has 0 bridgehead atoms. The van der Waals surface area contributed by atoms with Crippen molar-refractivity contribution in [3.8, 4) is 0 Å². The highest BCUT2D eigenvalue weighted by Crippen LogP contribution is 2.23. The molecule has 0 aliphatic rings. The van der Waals surface area contributed by atoms with Crippen molar-refractivity contribution in [2.45, 2.75) is 16.6 Å². The van der Waals surface area contributed by atoms with Crippen molar-refractivity contribution in [1.82, 2.24) is 14.8 Å². The van der Waals surface area contributed by atoms with Gasteiger partial charge in [-0.1, -0.05) is 36.0 Å². The van der Waals surface area contributed by atoms with E-state index in [2.05, 4.69) is 15.5 Å². The molecule has 164 valence electrons. The van der Waals surface area contributed by atoms with Gasteiger partial charge in [-0.3, -0.25) is 9.10 Å². The summed E-state index contributed by atoms with van der Waals surface area (Å²) in [6.07, 6.45) is 3.13. The molecular formula is C20H23N5O3S3. The highest BCUT2D eigenvalue weighted by molar-refractivity contribution is 7.99. The molecule has 3 rings (SSSR count). The van der Waals surface area contributed by atoms with Crippen LogP contribution < -0.4 is 9.62 Å². The lowest BCUT2D eigenvalue weighted by molar-refractivity contribution is -0.113. The van der Waals surface area contributed by atoms with Crippen LogP contribution in [0.3, 0.4) is 0 Å². The Kier molecular flexibility index (Phi) is 7.63. The van der Waals surface area contributed by atoms with Gasteiger partial charge in [-0.25, -0.2) is 8.42 Å². The Balaban J connectivity index is 1.66. The number of anilines is 2. The first kappa shape index (κ1) is 23.2. The van der Waals surface area contributed by atoms with E-state index in [1.165, 1.54) is 16.1 Å². The summed E-state index contributed by atoms with van der Waals surface area (Å²) in [4.78, 5) is 13.4. The zero-order valence-electron chi connectivity index (χ0n) is 17.3. The van der Waals surface area contributed by atoms with E-state index in [9.17, 15) is 13.2 Å². The van der Waals surface area contributed by atoms with Gasteiger partial charge < -0.3 is 9.88 Å². The van der Waals surface area contributed by atoms with Crippen LogP contribution >= 0.6 is 23.5 Å². The third kappa shape index (κ3) is 6.25. The molecule has 1 aromatic heterocycles. The molecule has 1 amide bonds. The third-order valence-electron chi connectivity index (χ3n) is 4.34. The molecule has 0 aliphatic heterocycles. The number of benzene rings is 2. The molecule has 1 N–H and O–H groups in total. The number of carbonyl (C=O) groups excluding carboxylic acids is 1. The molecule has 3 aromatic rings. The fourth-order valence-electron chi connectivity index (χ4n) is 2.76. The molecule has 0 unspecified atom stereocenters.